The number of aryl methyl sites for hydroxylation is 1. The Bertz CT molecular complexity index is 1220. The number of allylic oxidation sites excluding steroid dienone is 1. The van der Waals surface area contributed by atoms with Gasteiger partial charge in [0.05, 0.1) is 19.4 Å². The van der Waals surface area contributed by atoms with E-state index in [1.807, 2.05) is 43.3 Å². The lowest BCUT2D eigenvalue weighted by atomic mass is 9.83. The van der Waals surface area contributed by atoms with Gasteiger partial charge in [0.15, 0.2) is 0 Å². The molecule has 1 unspecified atom stereocenters. The number of nitriles is 1. The van der Waals surface area contributed by atoms with E-state index in [1.54, 1.807) is 37.4 Å². The van der Waals surface area contributed by atoms with Crippen molar-refractivity contribution in [2.24, 2.45) is 5.73 Å². The molecule has 6 nitrogen and oxygen atoms in total. The molecule has 0 spiro atoms. The normalized spacial score (nSPS) is 14.7. The Labute approximate surface area is 186 Å². The monoisotopic (exact) mass is 426 g/mol. The van der Waals surface area contributed by atoms with Gasteiger partial charge in [-0.25, -0.2) is 0 Å². The summed E-state index contributed by atoms with van der Waals surface area (Å²) in [6.45, 7) is 2.00. The number of esters is 1. The number of carbonyl (C=O) groups excluding carboxylic acids is 1. The SMILES string of the molecule is COc1ccc(CC(=O)Oc2ccc3c(c2)OC(N)=C(C#N)C3c2ccc(C)cc2)cc1. The zero-order valence-electron chi connectivity index (χ0n) is 17.8. The number of fused-ring (bicyclic) bond motifs is 1. The van der Waals surface area contributed by atoms with Crippen LogP contribution in [-0.2, 0) is 11.2 Å². The molecule has 6 heteroatoms. The van der Waals surface area contributed by atoms with E-state index in [0.29, 0.717) is 17.1 Å². The number of hydrogen-bond acceptors (Lipinski definition) is 6. The van der Waals surface area contributed by atoms with E-state index >= 15 is 0 Å². The maximum Gasteiger partial charge on any atom is 0.315 e. The Morgan fingerprint density at radius 2 is 1.75 bits per heavy atom. The summed E-state index contributed by atoms with van der Waals surface area (Å²) >= 11 is 0. The summed E-state index contributed by atoms with van der Waals surface area (Å²) in [5, 5.41) is 9.67. The predicted molar refractivity (Wildman–Crippen MR) is 119 cm³/mol. The smallest absolute Gasteiger partial charge is 0.315 e. The largest absolute Gasteiger partial charge is 0.497 e. The topological polar surface area (TPSA) is 94.6 Å². The first-order valence-electron chi connectivity index (χ1n) is 10.1. The van der Waals surface area contributed by atoms with Crippen LogP contribution < -0.4 is 19.9 Å². The molecule has 3 aromatic carbocycles. The number of hydrogen-bond donors (Lipinski definition) is 1. The molecular weight excluding hydrogens is 404 g/mol. The molecule has 0 amide bonds. The highest BCUT2D eigenvalue weighted by Gasteiger charge is 2.31. The maximum absolute atomic E-state index is 12.4. The Hall–Kier alpha value is -4.24. The number of benzene rings is 3. The lowest BCUT2D eigenvalue weighted by molar-refractivity contribution is -0.133. The van der Waals surface area contributed by atoms with Crippen molar-refractivity contribution in [1.29, 1.82) is 5.26 Å². The van der Waals surface area contributed by atoms with Gasteiger partial charge in [0.2, 0.25) is 5.88 Å². The van der Waals surface area contributed by atoms with Gasteiger partial charge in [0, 0.05) is 11.6 Å². The summed E-state index contributed by atoms with van der Waals surface area (Å²) in [4.78, 5) is 12.4. The van der Waals surface area contributed by atoms with Crippen molar-refractivity contribution < 1.29 is 19.0 Å². The molecule has 0 aromatic heterocycles. The van der Waals surface area contributed by atoms with Crippen LogP contribution in [0.2, 0.25) is 0 Å². The second-order valence-corrected chi connectivity index (χ2v) is 7.53. The third-order valence-electron chi connectivity index (χ3n) is 5.34. The Balaban J connectivity index is 1.57. The van der Waals surface area contributed by atoms with Gasteiger partial charge in [-0.3, -0.25) is 4.79 Å². The van der Waals surface area contributed by atoms with Crippen LogP contribution >= 0.6 is 0 Å². The Morgan fingerprint density at radius 1 is 1.06 bits per heavy atom. The van der Waals surface area contributed by atoms with Crippen LogP contribution in [0.15, 0.2) is 78.2 Å². The van der Waals surface area contributed by atoms with Crippen LogP contribution in [-0.4, -0.2) is 13.1 Å². The molecule has 2 N–H and O–H groups in total. The van der Waals surface area contributed by atoms with Crippen LogP contribution in [0.5, 0.6) is 17.2 Å². The predicted octanol–water partition coefficient (Wildman–Crippen LogP) is 4.37. The minimum atomic E-state index is -0.401. The highest BCUT2D eigenvalue weighted by molar-refractivity contribution is 5.75. The van der Waals surface area contributed by atoms with Crippen LogP contribution in [0.1, 0.15) is 28.2 Å². The number of rotatable bonds is 5. The molecule has 0 aliphatic carbocycles. The minimum absolute atomic E-state index is 0.0484. The van der Waals surface area contributed by atoms with Gasteiger partial charge in [-0.15, -0.1) is 0 Å². The average Bonchev–Trinajstić information content (AvgIpc) is 2.79. The lowest BCUT2D eigenvalue weighted by Gasteiger charge is -2.26. The summed E-state index contributed by atoms with van der Waals surface area (Å²) in [5.41, 5.74) is 10.1. The van der Waals surface area contributed by atoms with Gasteiger partial charge in [-0.2, -0.15) is 5.26 Å². The van der Waals surface area contributed by atoms with Crippen molar-refractivity contribution in [3.05, 3.63) is 100 Å². The van der Waals surface area contributed by atoms with Crippen LogP contribution in [0, 0.1) is 18.3 Å². The maximum atomic E-state index is 12.4. The number of ether oxygens (including phenoxy) is 3. The van der Waals surface area contributed by atoms with Gasteiger partial charge in [-0.1, -0.05) is 48.0 Å². The zero-order valence-corrected chi connectivity index (χ0v) is 17.8. The van der Waals surface area contributed by atoms with Crippen molar-refractivity contribution in [3.63, 3.8) is 0 Å². The van der Waals surface area contributed by atoms with Crippen LogP contribution in [0.3, 0.4) is 0 Å². The molecule has 1 atom stereocenters. The second-order valence-electron chi connectivity index (χ2n) is 7.53. The van der Waals surface area contributed by atoms with Crippen LogP contribution in [0.25, 0.3) is 0 Å². The van der Waals surface area contributed by atoms with Gasteiger partial charge in [-0.05, 0) is 36.2 Å². The quantitative estimate of drug-likeness (QED) is 0.481. The number of nitrogens with zero attached hydrogens (tertiary/aromatic N) is 1. The highest BCUT2D eigenvalue weighted by Crippen LogP contribution is 2.43. The van der Waals surface area contributed by atoms with E-state index in [4.69, 9.17) is 19.9 Å². The van der Waals surface area contributed by atoms with E-state index in [9.17, 15) is 10.1 Å². The van der Waals surface area contributed by atoms with Gasteiger partial charge in [0.25, 0.3) is 0 Å². The molecule has 1 heterocycles. The third kappa shape index (κ3) is 4.28. The van der Waals surface area contributed by atoms with Crippen molar-refractivity contribution in [2.75, 3.05) is 7.11 Å². The molecule has 4 rings (SSSR count). The lowest BCUT2D eigenvalue weighted by Crippen LogP contribution is -2.21. The van der Waals surface area contributed by atoms with Gasteiger partial charge < -0.3 is 19.9 Å². The summed E-state index contributed by atoms with van der Waals surface area (Å²) in [7, 11) is 1.59. The molecule has 3 aromatic rings. The molecule has 0 bridgehead atoms. The fourth-order valence-corrected chi connectivity index (χ4v) is 3.68. The van der Waals surface area contributed by atoms with Crippen LogP contribution in [0.4, 0.5) is 0 Å². The summed E-state index contributed by atoms with van der Waals surface area (Å²) in [6, 6.07) is 22.5. The van der Waals surface area contributed by atoms with Crippen molar-refractivity contribution >= 4 is 5.97 Å². The first kappa shape index (κ1) is 21.0. The highest BCUT2D eigenvalue weighted by atomic mass is 16.5. The third-order valence-corrected chi connectivity index (χ3v) is 5.34. The van der Waals surface area contributed by atoms with E-state index < -0.39 is 5.97 Å². The molecule has 0 fully saturated rings. The van der Waals surface area contributed by atoms with Gasteiger partial charge >= 0.3 is 5.97 Å². The summed E-state index contributed by atoms with van der Waals surface area (Å²) in [6.07, 6.45) is 0.120. The van der Waals surface area contributed by atoms with Crippen molar-refractivity contribution in [3.8, 4) is 23.3 Å². The fraction of sp³-hybridized carbons (Fsp3) is 0.154. The molecule has 0 saturated heterocycles. The second kappa shape index (κ2) is 8.86. The molecule has 1 aliphatic rings. The summed E-state index contributed by atoms with van der Waals surface area (Å²) < 4.78 is 16.3. The first-order chi connectivity index (χ1) is 15.5. The average molecular weight is 426 g/mol. The van der Waals surface area contributed by atoms with E-state index in [-0.39, 0.29) is 18.2 Å². The van der Waals surface area contributed by atoms with Crippen molar-refractivity contribution in [1.82, 2.24) is 0 Å². The molecule has 32 heavy (non-hydrogen) atoms. The van der Waals surface area contributed by atoms with E-state index in [1.165, 1.54) is 0 Å². The Morgan fingerprint density at radius 3 is 2.41 bits per heavy atom. The first-order valence-corrected chi connectivity index (χ1v) is 10.1. The number of methoxy groups -OCH3 is 1. The Kier molecular flexibility index (Phi) is 5.82. The number of carbonyl (C=O) groups is 1. The zero-order chi connectivity index (χ0) is 22.7. The van der Waals surface area contributed by atoms with Gasteiger partial charge in [0.1, 0.15) is 28.9 Å². The summed E-state index contributed by atoms with van der Waals surface area (Å²) in [5.74, 6) is 0.822. The number of nitrogens with two attached hydrogens (primary N) is 1. The molecule has 1 aliphatic heterocycles. The van der Waals surface area contributed by atoms with Crippen molar-refractivity contribution in [2.45, 2.75) is 19.3 Å². The molecular formula is C26H22N2O4. The minimum Gasteiger partial charge on any atom is -0.497 e. The fourth-order valence-electron chi connectivity index (χ4n) is 3.68. The van der Waals surface area contributed by atoms with E-state index in [2.05, 4.69) is 6.07 Å². The molecule has 0 saturated carbocycles. The molecule has 0 radical (unpaired) electrons. The standard InChI is InChI=1S/C26H22N2O4/c1-16-3-7-18(8-4-16)25-21-12-11-20(14-23(21)32-26(28)22(25)15-27)31-24(29)13-17-5-9-19(30-2)10-6-17/h3-12,14,25H,13,28H2,1-2H3. The molecule has 160 valence electrons. The van der Waals surface area contributed by atoms with E-state index in [0.717, 1.165) is 28.0 Å².